The molecule has 2 aromatic carbocycles. The van der Waals surface area contributed by atoms with Crippen LogP contribution in [0.2, 0.25) is 0 Å². The van der Waals surface area contributed by atoms with E-state index in [0.717, 1.165) is 23.6 Å². The Morgan fingerprint density at radius 2 is 1.76 bits per heavy atom. The van der Waals surface area contributed by atoms with Gasteiger partial charge in [0.2, 0.25) is 0 Å². The van der Waals surface area contributed by atoms with Crippen LogP contribution in [0.4, 0.5) is 0 Å². The Kier molecular flexibility index (Phi) is 7.09. The number of methoxy groups -OCH3 is 1. The molecular weight excluding hydrogens is 364 g/mol. The molecular formula is C24H28N2O3. The highest BCUT2D eigenvalue weighted by Gasteiger charge is 2.16. The lowest BCUT2D eigenvalue weighted by atomic mass is 10.1. The van der Waals surface area contributed by atoms with Gasteiger partial charge in [-0.1, -0.05) is 42.5 Å². The van der Waals surface area contributed by atoms with Crippen LogP contribution in [-0.4, -0.2) is 24.0 Å². The predicted octanol–water partition coefficient (Wildman–Crippen LogP) is 4.63. The van der Waals surface area contributed by atoms with E-state index in [1.807, 2.05) is 54.6 Å². The van der Waals surface area contributed by atoms with E-state index >= 15 is 0 Å². The van der Waals surface area contributed by atoms with Crippen molar-refractivity contribution in [3.63, 3.8) is 0 Å². The minimum Gasteiger partial charge on any atom is -0.497 e. The molecule has 0 saturated heterocycles. The molecule has 1 amide bonds. The van der Waals surface area contributed by atoms with Crippen molar-refractivity contribution in [2.45, 2.75) is 39.5 Å². The molecule has 29 heavy (non-hydrogen) atoms. The van der Waals surface area contributed by atoms with E-state index in [-0.39, 0.29) is 5.91 Å². The number of nitrogens with one attached hydrogen (secondary N) is 1. The molecule has 5 heteroatoms. The first-order chi connectivity index (χ1) is 14.0. The molecule has 0 aliphatic rings. The predicted molar refractivity (Wildman–Crippen MR) is 114 cm³/mol. The summed E-state index contributed by atoms with van der Waals surface area (Å²) in [4.78, 5) is 14.7. The summed E-state index contributed by atoms with van der Waals surface area (Å²) in [5.74, 6) is 1.75. The molecule has 1 N–H and O–H groups in total. The van der Waals surface area contributed by atoms with Gasteiger partial charge in [0.25, 0.3) is 5.91 Å². The zero-order valence-electron chi connectivity index (χ0n) is 17.2. The highest BCUT2D eigenvalue weighted by molar-refractivity contribution is 5.91. The lowest BCUT2D eigenvalue weighted by molar-refractivity contribution is 0.0917. The summed E-state index contributed by atoms with van der Waals surface area (Å²) in [6, 6.07) is 21.8. The summed E-state index contributed by atoms with van der Waals surface area (Å²) in [6.07, 6.45) is 0. The van der Waals surface area contributed by atoms with Crippen molar-refractivity contribution in [1.29, 1.82) is 0 Å². The highest BCUT2D eigenvalue weighted by atomic mass is 16.5. The van der Waals surface area contributed by atoms with E-state index in [1.165, 1.54) is 5.56 Å². The second-order valence-electron chi connectivity index (χ2n) is 7.28. The fourth-order valence-electron chi connectivity index (χ4n) is 3.08. The van der Waals surface area contributed by atoms with Gasteiger partial charge in [0.05, 0.1) is 13.7 Å². The van der Waals surface area contributed by atoms with Crippen molar-refractivity contribution in [3.8, 4) is 5.75 Å². The normalized spacial score (nSPS) is 11.1. The van der Waals surface area contributed by atoms with E-state index in [9.17, 15) is 4.79 Å². The molecule has 0 unspecified atom stereocenters. The average molecular weight is 392 g/mol. The lowest BCUT2D eigenvalue weighted by Crippen LogP contribution is -2.29. The second kappa shape index (κ2) is 9.94. The third-order valence-corrected chi connectivity index (χ3v) is 4.79. The molecule has 0 aliphatic carbocycles. The summed E-state index contributed by atoms with van der Waals surface area (Å²) >= 11 is 0. The summed E-state index contributed by atoms with van der Waals surface area (Å²) in [5, 5.41) is 2.90. The van der Waals surface area contributed by atoms with Crippen LogP contribution in [0.25, 0.3) is 0 Å². The fraction of sp³-hybridized carbons (Fsp3) is 0.292. The van der Waals surface area contributed by atoms with Crippen LogP contribution in [-0.2, 0) is 19.6 Å². The van der Waals surface area contributed by atoms with Crippen LogP contribution in [0.3, 0.4) is 0 Å². The van der Waals surface area contributed by atoms with Crippen LogP contribution in [0.15, 0.2) is 71.1 Å². The summed E-state index contributed by atoms with van der Waals surface area (Å²) in [6.45, 7) is 6.17. The average Bonchev–Trinajstić information content (AvgIpc) is 3.21. The van der Waals surface area contributed by atoms with Gasteiger partial charge in [0, 0.05) is 19.1 Å². The maximum absolute atomic E-state index is 12.4. The molecule has 0 atom stereocenters. The van der Waals surface area contributed by atoms with E-state index in [1.54, 1.807) is 13.2 Å². The van der Waals surface area contributed by atoms with Gasteiger partial charge in [-0.05, 0) is 49.2 Å². The molecule has 1 heterocycles. The first-order valence-electron chi connectivity index (χ1n) is 9.83. The fourth-order valence-corrected chi connectivity index (χ4v) is 3.08. The zero-order valence-corrected chi connectivity index (χ0v) is 17.2. The molecule has 0 spiro atoms. The third kappa shape index (κ3) is 5.96. The van der Waals surface area contributed by atoms with Gasteiger partial charge < -0.3 is 14.5 Å². The Bertz CT molecular complexity index is 919. The Hall–Kier alpha value is -3.05. The van der Waals surface area contributed by atoms with Crippen LogP contribution in [0.1, 0.15) is 41.3 Å². The molecule has 0 fully saturated rings. The topological polar surface area (TPSA) is 54.7 Å². The molecule has 5 nitrogen and oxygen atoms in total. The van der Waals surface area contributed by atoms with Crippen molar-refractivity contribution in [1.82, 2.24) is 10.2 Å². The van der Waals surface area contributed by atoms with E-state index < -0.39 is 0 Å². The molecule has 1 aromatic heterocycles. The van der Waals surface area contributed by atoms with Crippen molar-refractivity contribution in [2.75, 3.05) is 7.11 Å². The number of benzene rings is 2. The number of amides is 1. The van der Waals surface area contributed by atoms with E-state index in [2.05, 4.69) is 30.1 Å². The van der Waals surface area contributed by atoms with Crippen LogP contribution >= 0.6 is 0 Å². The molecule has 152 valence electrons. The quantitative estimate of drug-likeness (QED) is 0.577. The van der Waals surface area contributed by atoms with Gasteiger partial charge >= 0.3 is 0 Å². The van der Waals surface area contributed by atoms with Crippen molar-refractivity contribution < 1.29 is 13.9 Å². The number of hydrogen-bond donors (Lipinski definition) is 1. The van der Waals surface area contributed by atoms with Gasteiger partial charge in [-0.15, -0.1) is 0 Å². The Morgan fingerprint density at radius 1 is 1.00 bits per heavy atom. The molecule has 3 aromatic rings. The number of ether oxygens (including phenoxy) is 1. The molecule has 0 aliphatic heterocycles. The highest BCUT2D eigenvalue weighted by Crippen LogP contribution is 2.18. The van der Waals surface area contributed by atoms with Crippen molar-refractivity contribution in [3.05, 3.63) is 89.4 Å². The molecule has 0 radical (unpaired) electrons. The standard InChI is InChI=1S/C24H28N2O3/c1-18(2)26(16-20-10-7-11-21(14-20)28-3)17-22-12-13-23(29-22)24(27)25-15-19-8-5-4-6-9-19/h4-14,18H,15-17H2,1-3H3,(H,25,27). The largest absolute Gasteiger partial charge is 0.497 e. The monoisotopic (exact) mass is 392 g/mol. The smallest absolute Gasteiger partial charge is 0.287 e. The number of furan rings is 1. The SMILES string of the molecule is COc1cccc(CN(Cc2ccc(C(=O)NCc3ccccc3)o2)C(C)C)c1. The number of nitrogens with zero attached hydrogens (tertiary/aromatic N) is 1. The first-order valence-corrected chi connectivity index (χ1v) is 9.83. The Morgan fingerprint density at radius 3 is 2.48 bits per heavy atom. The summed E-state index contributed by atoms with van der Waals surface area (Å²) < 4.78 is 11.1. The van der Waals surface area contributed by atoms with Crippen LogP contribution in [0.5, 0.6) is 5.75 Å². The van der Waals surface area contributed by atoms with Crippen LogP contribution in [0, 0.1) is 0 Å². The van der Waals surface area contributed by atoms with E-state index in [4.69, 9.17) is 9.15 Å². The summed E-state index contributed by atoms with van der Waals surface area (Å²) in [5.41, 5.74) is 2.22. The van der Waals surface area contributed by atoms with Gasteiger partial charge in [0.1, 0.15) is 11.5 Å². The number of carbonyl (C=O) groups excluding carboxylic acids is 1. The van der Waals surface area contributed by atoms with E-state index in [0.29, 0.717) is 24.9 Å². The van der Waals surface area contributed by atoms with Gasteiger partial charge in [-0.25, -0.2) is 0 Å². The second-order valence-corrected chi connectivity index (χ2v) is 7.28. The number of rotatable bonds is 9. The van der Waals surface area contributed by atoms with Crippen molar-refractivity contribution in [2.24, 2.45) is 0 Å². The maximum atomic E-state index is 12.4. The Balaban J connectivity index is 1.61. The zero-order chi connectivity index (χ0) is 20.6. The molecule has 3 rings (SSSR count). The Labute approximate surface area is 172 Å². The minimum atomic E-state index is -0.205. The summed E-state index contributed by atoms with van der Waals surface area (Å²) in [7, 11) is 1.67. The number of carbonyl (C=O) groups is 1. The first kappa shape index (κ1) is 20.7. The maximum Gasteiger partial charge on any atom is 0.287 e. The minimum absolute atomic E-state index is 0.205. The number of hydrogen-bond acceptors (Lipinski definition) is 4. The van der Waals surface area contributed by atoms with Crippen LogP contribution < -0.4 is 10.1 Å². The third-order valence-electron chi connectivity index (χ3n) is 4.79. The van der Waals surface area contributed by atoms with Gasteiger partial charge in [-0.3, -0.25) is 9.69 Å². The van der Waals surface area contributed by atoms with Crippen molar-refractivity contribution >= 4 is 5.91 Å². The van der Waals surface area contributed by atoms with Gasteiger partial charge in [0.15, 0.2) is 5.76 Å². The van der Waals surface area contributed by atoms with Gasteiger partial charge in [-0.2, -0.15) is 0 Å². The molecule has 0 bridgehead atoms. The molecule has 0 saturated carbocycles. The lowest BCUT2D eigenvalue weighted by Gasteiger charge is -2.25.